The predicted molar refractivity (Wildman–Crippen MR) is 57.4 cm³/mol. The second-order valence-electron chi connectivity index (χ2n) is 3.63. The van der Waals surface area contributed by atoms with Crippen molar-refractivity contribution in [3.05, 3.63) is 29.6 Å². The number of Topliss-reactive ketones (excluding diaryl/α,β-unsaturated/α-hetero) is 1. The lowest BCUT2D eigenvalue weighted by Crippen LogP contribution is -2.13. The van der Waals surface area contributed by atoms with E-state index in [1.165, 1.54) is 0 Å². The number of aromatic nitrogens is 1. The van der Waals surface area contributed by atoms with Crippen molar-refractivity contribution in [2.45, 2.75) is 33.6 Å². The highest BCUT2D eigenvalue weighted by molar-refractivity contribution is 5.97. The molecule has 76 valence electrons. The number of hydrogen-bond donors (Lipinski definition) is 0. The number of aryl methyl sites for hydroxylation is 1. The third kappa shape index (κ3) is 2.41. The van der Waals surface area contributed by atoms with Gasteiger partial charge < -0.3 is 0 Å². The van der Waals surface area contributed by atoms with Crippen molar-refractivity contribution in [3.63, 3.8) is 0 Å². The molecule has 0 aromatic carbocycles. The van der Waals surface area contributed by atoms with E-state index in [0.717, 1.165) is 24.0 Å². The molecular weight excluding hydrogens is 174 g/mol. The zero-order valence-corrected chi connectivity index (χ0v) is 9.08. The van der Waals surface area contributed by atoms with Crippen LogP contribution >= 0.6 is 0 Å². The minimum Gasteiger partial charge on any atom is -0.294 e. The lowest BCUT2D eigenvalue weighted by atomic mass is 9.93. The summed E-state index contributed by atoms with van der Waals surface area (Å²) in [5, 5.41) is 0. The third-order valence-corrected chi connectivity index (χ3v) is 2.52. The van der Waals surface area contributed by atoms with E-state index >= 15 is 0 Å². The average molecular weight is 191 g/mol. The largest absolute Gasteiger partial charge is 0.294 e. The van der Waals surface area contributed by atoms with Crippen LogP contribution < -0.4 is 0 Å². The first-order valence-electron chi connectivity index (χ1n) is 5.14. The summed E-state index contributed by atoms with van der Waals surface area (Å²) in [6.45, 7) is 6.06. The molecule has 0 atom stereocenters. The summed E-state index contributed by atoms with van der Waals surface area (Å²) in [4.78, 5) is 16.0. The van der Waals surface area contributed by atoms with Crippen LogP contribution in [0, 0.1) is 12.8 Å². The van der Waals surface area contributed by atoms with Gasteiger partial charge in [-0.15, -0.1) is 0 Å². The summed E-state index contributed by atoms with van der Waals surface area (Å²) in [7, 11) is 0. The van der Waals surface area contributed by atoms with Crippen molar-refractivity contribution in [2.24, 2.45) is 5.92 Å². The molecule has 0 aliphatic carbocycles. The normalized spacial score (nSPS) is 10.6. The topological polar surface area (TPSA) is 30.0 Å². The molecule has 2 heteroatoms. The van der Waals surface area contributed by atoms with Gasteiger partial charge in [-0.25, -0.2) is 0 Å². The van der Waals surface area contributed by atoms with Gasteiger partial charge in [0, 0.05) is 23.9 Å². The van der Waals surface area contributed by atoms with Crippen LogP contribution in [0.4, 0.5) is 0 Å². The van der Waals surface area contributed by atoms with E-state index in [4.69, 9.17) is 0 Å². The summed E-state index contributed by atoms with van der Waals surface area (Å²) in [5.41, 5.74) is 1.79. The molecule has 0 bridgehead atoms. The fraction of sp³-hybridized carbons (Fsp3) is 0.500. The highest BCUT2D eigenvalue weighted by atomic mass is 16.1. The quantitative estimate of drug-likeness (QED) is 0.685. The highest BCUT2D eigenvalue weighted by Gasteiger charge is 2.16. The van der Waals surface area contributed by atoms with Crippen LogP contribution in [0.5, 0.6) is 0 Å². The van der Waals surface area contributed by atoms with E-state index in [9.17, 15) is 4.79 Å². The predicted octanol–water partition coefficient (Wildman–Crippen LogP) is 3.01. The minimum atomic E-state index is 0.151. The molecule has 0 N–H and O–H groups in total. The number of hydrogen-bond acceptors (Lipinski definition) is 2. The second-order valence-corrected chi connectivity index (χ2v) is 3.63. The first-order valence-corrected chi connectivity index (χ1v) is 5.14. The Morgan fingerprint density at radius 2 is 2.00 bits per heavy atom. The van der Waals surface area contributed by atoms with Crippen molar-refractivity contribution in [3.8, 4) is 0 Å². The maximum atomic E-state index is 11.9. The molecule has 1 aromatic rings. The lowest BCUT2D eigenvalue weighted by Gasteiger charge is -2.10. The van der Waals surface area contributed by atoms with E-state index in [2.05, 4.69) is 18.8 Å². The SMILES string of the molecule is CCC(CC)C(=O)c1cncc(C)c1. The number of carbonyl (C=O) groups is 1. The Hall–Kier alpha value is -1.18. The number of nitrogens with zero attached hydrogens (tertiary/aromatic N) is 1. The van der Waals surface area contributed by atoms with Crippen molar-refractivity contribution >= 4 is 5.78 Å². The monoisotopic (exact) mass is 191 g/mol. The van der Waals surface area contributed by atoms with Crippen LogP contribution in [0.15, 0.2) is 18.5 Å². The van der Waals surface area contributed by atoms with E-state index in [0.29, 0.717) is 0 Å². The molecule has 0 radical (unpaired) electrons. The number of carbonyl (C=O) groups excluding carboxylic acids is 1. The van der Waals surface area contributed by atoms with Gasteiger partial charge in [0.2, 0.25) is 0 Å². The molecule has 0 fully saturated rings. The zero-order valence-electron chi connectivity index (χ0n) is 9.08. The second kappa shape index (κ2) is 4.89. The Morgan fingerprint density at radius 1 is 1.36 bits per heavy atom. The van der Waals surface area contributed by atoms with Crippen LogP contribution in [0.1, 0.15) is 42.6 Å². The molecule has 14 heavy (non-hydrogen) atoms. The molecule has 1 aromatic heterocycles. The van der Waals surface area contributed by atoms with E-state index in [1.807, 2.05) is 13.0 Å². The Labute approximate surface area is 85.4 Å². The Balaban J connectivity index is 2.88. The average Bonchev–Trinajstić information content (AvgIpc) is 2.19. The molecule has 0 spiro atoms. The summed E-state index contributed by atoms with van der Waals surface area (Å²) in [5.74, 6) is 0.379. The van der Waals surface area contributed by atoms with Crippen LogP contribution in [0.2, 0.25) is 0 Å². The number of pyridine rings is 1. The van der Waals surface area contributed by atoms with Crippen molar-refractivity contribution < 1.29 is 4.79 Å². The molecule has 0 unspecified atom stereocenters. The maximum absolute atomic E-state index is 11.9. The first-order chi connectivity index (χ1) is 6.69. The molecule has 0 aliphatic heterocycles. The zero-order chi connectivity index (χ0) is 10.6. The Morgan fingerprint density at radius 3 is 2.50 bits per heavy atom. The fourth-order valence-electron chi connectivity index (χ4n) is 1.58. The van der Waals surface area contributed by atoms with E-state index in [-0.39, 0.29) is 11.7 Å². The molecule has 0 saturated heterocycles. The van der Waals surface area contributed by atoms with Gasteiger partial charge in [-0.05, 0) is 31.4 Å². The van der Waals surface area contributed by atoms with Crippen molar-refractivity contribution in [2.75, 3.05) is 0 Å². The molecule has 1 rings (SSSR count). The molecule has 2 nitrogen and oxygen atoms in total. The molecule has 0 amide bonds. The van der Waals surface area contributed by atoms with Crippen LogP contribution in [-0.2, 0) is 0 Å². The summed E-state index contributed by atoms with van der Waals surface area (Å²) in [6.07, 6.45) is 5.24. The number of ketones is 1. The van der Waals surface area contributed by atoms with Crippen molar-refractivity contribution in [1.82, 2.24) is 4.98 Å². The first kappa shape index (κ1) is 10.9. The minimum absolute atomic E-state index is 0.151. The third-order valence-electron chi connectivity index (χ3n) is 2.52. The van der Waals surface area contributed by atoms with Gasteiger partial charge in [-0.3, -0.25) is 9.78 Å². The van der Waals surface area contributed by atoms with Crippen molar-refractivity contribution in [1.29, 1.82) is 0 Å². The number of rotatable bonds is 4. The van der Waals surface area contributed by atoms with Crippen LogP contribution in [-0.4, -0.2) is 10.8 Å². The molecular formula is C12H17NO. The maximum Gasteiger partial charge on any atom is 0.167 e. The Kier molecular flexibility index (Phi) is 3.81. The van der Waals surface area contributed by atoms with Gasteiger partial charge >= 0.3 is 0 Å². The molecule has 0 saturated carbocycles. The van der Waals surface area contributed by atoms with E-state index < -0.39 is 0 Å². The summed E-state index contributed by atoms with van der Waals surface area (Å²) in [6, 6.07) is 1.91. The standard InChI is InChI=1S/C12H17NO/c1-4-10(5-2)12(14)11-6-9(3)7-13-8-11/h6-8,10H,4-5H2,1-3H3. The summed E-state index contributed by atoms with van der Waals surface area (Å²) < 4.78 is 0. The summed E-state index contributed by atoms with van der Waals surface area (Å²) >= 11 is 0. The van der Waals surface area contributed by atoms with Gasteiger partial charge in [0.05, 0.1) is 0 Å². The van der Waals surface area contributed by atoms with Crippen LogP contribution in [0.25, 0.3) is 0 Å². The van der Waals surface area contributed by atoms with Gasteiger partial charge in [0.15, 0.2) is 5.78 Å². The van der Waals surface area contributed by atoms with Gasteiger partial charge in [-0.2, -0.15) is 0 Å². The van der Waals surface area contributed by atoms with Crippen LogP contribution in [0.3, 0.4) is 0 Å². The van der Waals surface area contributed by atoms with Gasteiger partial charge in [-0.1, -0.05) is 13.8 Å². The van der Waals surface area contributed by atoms with E-state index in [1.54, 1.807) is 12.4 Å². The lowest BCUT2D eigenvalue weighted by molar-refractivity contribution is 0.0913. The Bertz CT molecular complexity index is 316. The van der Waals surface area contributed by atoms with Gasteiger partial charge in [0.1, 0.15) is 0 Å². The fourth-order valence-corrected chi connectivity index (χ4v) is 1.58. The smallest absolute Gasteiger partial charge is 0.167 e. The molecule has 1 heterocycles. The highest BCUT2D eigenvalue weighted by Crippen LogP contribution is 2.15. The van der Waals surface area contributed by atoms with Gasteiger partial charge in [0.25, 0.3) is 0 Å². The molecule has 0 aliphatic rings.